The van der Waals surface area contributed by atoms with Gasteiger partial charge in [0, 0.05) is 47.8 Å². The maximum absolute atomic E-state index is 13.7. The number of esters is 1. The van der Waals surface area contributed by atoms with Crippen molar-refractivity contribution < 1.29 is 46.0 Å². The van der Waals surface area contributed by atoms with Crippen molar-refractivity contribution in [2.75, 3.05) is 13.2 Å². The second-order valence-electron chi connectivity index (χ2n) is 11.7. The van der Waals surface area contributed by atoms with Crippen molar-refractivity contribution in [3.63, 3.8) is 0 Å². The Labute approximate surface area is 306 Å². The summed E-state index contributed by atoms with van der Waals surface area (Å²) in [6, 6.07) is 29.2. The first-order valence-corrected chi connectivity index (χ1v) is 16.3. The Morgan fingerprint density at radius 1 is 0.941 bits per heavy atom. The summed E-state index contributed by atoms with van der Waals surface area (Å²) in [5, 5.41) is 37.5. The molecule has 0 amide bonds. The van der Waals surface area contributed by atoms with Crippen molar-refractivity contribution in [3.8, 4) is 0 Å². The number of aliphatic imine (C=N–C) groups is 2. The van der Waals surface area contributed by atoms with E-state index in [1.807, 2.05) is 36.4 Å². The number of carbonyl (C=O) groups is 2. The van der Waals surface area contributed by atoms with Crippen LogP contribution >= 0.6 is 0 Å². The third kappa shape index (κ3) is 10.3. The Balaban J connectivity index is 0.00000583. The zero-order valence-electron chi connectivity index (χ0n) is 27.8. The van der Waals surface area contributed by atoms with E-state index >= 15 is 0 Å². The van der Waals surface area contributed by atoms with Crippen LogP contribution in [0, 0.1) is 10.1 Å². The summed E-state index contributed by atoms with van der Waals surface area (Å²) in [6.45, 7) is 3.05. The number of aliphatic carboxylic acids is 1. The molecule has 0 radical (unpaired) electrons. The fourth-order valence-corrected chi connectivity index (χ4v) is 5.84. The van der Waals surface area contributed by atoms with E-state index in [1.165, 1.54) is 30.3 Å². The molecule has 0 spiro atoms. The van der Waals surface area contributed by atoms with Crippen LogP contribution in [0.5, 0.6) is 0 Å². The molecule has 0 aromatic heterocycles. The summed E-state index contributed by atoms with van der Waals surface area (Å²) >= 11 is 0. The van der Waals surface area contributed by atoms with Gasteiger partial charge < -0.3 is 19.7 Å². The number of carboxylic acid groups (broad SMARTS) is 1. The predicted octanol–water partition coefficient (Wildman–Crippen LogP) is 4.64. The number of nitro groups is 1. The summed E-state index contributed by atoms with van der Waals surface area (Å²) in [5.41, 5.74) is 2.96. The van der Waals surface area contributed by atoms with E-state index in [-0.39, 0.29) is 46.0 Å². The van der Waals surface area contributed by atoms with Crippen LogP contribution in [0.15, 0.2) is 125 Å². The Kier molecular flexibility index (Phi) is 13.9. The van der Waals surface area contributed by atoms with E-state index in [2.05, 4.69) is 14.9 Å². The van der Waals surface area contributed by atoms with Gasteiger partial charge in [0.1, 0.15) is 0 Å². The molecule has 1 aliphatic heterocycles. The van der Waals surface area contributed by atoms with Gasteiger partial charge in [0.15, 0.2) is 0 Å². The number of likely N-dealkylation sites (tertiary alicyclic amines) is 1. The maximum Gasteiger partial charge on any atom is 2.00 e. The Bertz CT molecular complexity index is 1900. The molecule has 0 aliphatic carbocycles. The molecule has 5 rings (SSSR count). The normalized spacial score (nSPS) is 15.9. The molecule has 0 N–H and O–H groups in total. The van der Waals surface area contributed by atoms with Crippen LogP contribution in [-0.2, 0) is 37.4 Å². The van der Waals surface area contributed by atoms with Gasteiger partial charge in [-0.05, 0) is 67.6 Å². The summed E-state index contributed by atoms with van der Waals surface area (Å²) in [7, 11) is 0. The molecular weight excluding hydrogens is 695 g/mol. The zero-order valence-corrected chi connectivity index (χ0v) is 28.8. The van der Waals surface area contributed by atoms with Crippen LogP contribution in [0.3, 0.4) is 0 Å². The molecule has 51 heavy (non-hydrogen) atoms. The van der Waals surface area contributed by atoms with E-state index in [9.17, 15) is 29.9 Å². The molecule has 0 saturated carbocycles. The number of para-hydroxylation sites is 1. The van der Waals surface area contributed by atoms with Gasteiger partial charge >= 0.3 is 22.5 Å². The van der Waals surface area contributed by atoms with Crippen LogP contribution < -0.4 is 10.2 Å². The summed E-state index contributed by atoms with van der Waals surface area (Å²) in [4.78, 5) is 47.6. The van der Waals surface area contributed by atoms with Crippen molar-refractivity contribution in [2.45, 2.75) is 44.8 Å². The molecule has 1 saturated heterocycles. The van der Waals surface area contributed by atoms with Gasteiger partial charge in [0.25, 0.3) is 5.69 Å². The van der Waals surface area contributed by atoms with Crippen molar-refractivity contribution >= 4 is 41.0 Å². The Morgan fingerprint density at radius 3 is 2.24 bits per heavy atom. The maximum atomic E-state index is 13.7. The largest absolute Gasteiger partial charge is 2.00 e. The molecule has 264 valence electrons. The number of rotatable bonds is 14. The molecule has 0 unspecified atom stereocenters. The molecule has 1 aliphatic rings. The number of benzene rings is 4. The minimum Gasteiger partial charge on any atom is -0.861 e. The second-order valence-corrected chi connectivity index (χ2v) is 11.7. The van der Waals surface area contributed by atoms with Gasteiger partial charge in [-0.15, -0.1) is 0 Å². The minimum absolute atomic E-state index is 0. The molecule has 2 atom stereocenters. The minimum atomic E-state index is -1.56. The van der Waals surface area contributed by atoms with Gasteiger partial charge in [0.2, 0.25) is 0 Å². The van der Waals surface area contributed by atoms with E-state index < -0.39 is 35.4 Å². The number of hydrogen-bond donors (Lipinski definition) is 0. The summed E-state index contributed by atoms with van der Waals surface area (Å²) < 4.78 is 5.22. The number of non-ortho nitro benzene ring substituents is 1. The molecule has 4 aromatic rings. The van der Waals surface area contributed by atoms with Gasteiger partial charge in [-0.1, -0.05) is 78.9 Å². The van der Waals surface area contributed by atoms with E-state index in [0.717, 1.165) is 18.5 Å². The van der Waals surface area contributed by atoms with E-state index in [1.54, 1.807) is 55.5 Å². The average Bonchev–Trinajstić information content (AvgIpc) is 3.59. The molecule has 11 nitrogen and oxygen atoms in total. The first-order valence-electron chi connectivity index (χ1n) is 16.3. The number of carboxylic acids is 1. The Morgan fingerprint density at radius 2 is 1.59 bits per heavy atom. The van der Waals surface area contributed by atoms with Crippen molar-refractivity contribution in [1.29, 1.82) is 0 Å². The van der Waals surface area contributed by atoms with Crippen LogP contribution in [0.4, 0.5) is 11.4 Å². The van der Waals surface area contributed by atoms with Crippen molar-refractivity contribution in [1.82, 2.24) is 4.90 Å². The Hall–Kier alpha value is -5.45. The van der Waals surface area contributed by atoms with E-state index in [0.29, 0.717) is 35.3 Å². The summed E-state index contributed by atoms with van der Waals surface area (Å²) in [6.07, 6.45) is 2.55. The molecule has 0 bridgehead atoms. The third-order valence-electron chi connectivity index (χ3n) is 8.27. The second kappa shape index (κ2) is 18.5. The smallest absolute Gasteiger partial charge is 0.861 e. The first kappa shape index (κ1) is 38.4. The monoisotopic (exact) mass is 730 g/mol. The first-order chi connectivity index (χ1) is 24.2. The van der Waals surface area contributed by atoms with Gasteiger partial charge in [0.05, 0.1) is 34.9 Å². The average molecular weight is 731 g/mol. The number of nitrogens with zero attached hydrogens (tertiary/aromatic N) is 4. The third-order valence-corrected chi connectivity index (χ3v) is 8.27. The van der Waals surface area contributed by atoms with Gasteiger partial charge in [-0.25, -0.2) is 4.79 Å². The van der Waals surface area contributed by atoms with Crippen LogP contribution in [0.1, 0.15) is 48.4 Å². The van der Waals surface area contributed by atoms with Gasteiger partial charge in [-0.2, -0.15) is 0 Å². The molecule has 4 aromatic carbocycles. The van der Waals surface area contributed by atoms with Crippen LogP contribution in [0.25, 0.3) is 6.08 Å². The fraction of sp³-hybridized carbons (Fsp3) is 0.231. The molecule has 12 heteroatoms. The van der Waals surface area contributed by atoms with Crippen molar-refractivity contribution in [3.05, 3.63) is 147 Å². The number of carbonyl (C=O) groups excluding carboxylic acids is 2. The molecule has 1 heterocycles. The quantitative estimate of drug-likeness (QED) is 0.0345. The standard InChI is InChI=1S/C39H38N4O7.Ni/c1-2-50-39(47)30(24-27-19-21-31(22-20-27)43(48)49)25-34(38(45)46)40-36(29-14-7-4-8-15-29)32-16-9-10-17-33(32)41-37(44)35-18-11-23-42(35)26-28-12-5-3-6-13-28;/h3-10,12-17,19-22,24,34-35H,2,11,18,23,25-26H2,1H3,(H,41,44)(H,45,46);/q;+2/p-2/b30-24+,40-36?;/t34-,35+;/m1./s1. The fourth-order valence-electron chi connectivity index (χ4n) is 5.84. The summed E-state index contributed by atoms with van der Waals surface area (Å²) in [5.74, 6) is -2.60. The zero-order chi connectivity index (χ0) is 35.5. The van der Waals surface area contributed by atoms with Crippen molar-refractivity contribution in [2.24, 2.45) is 9.98 Å². The molecular formula is C39H36N4NiO7. The van der Waals surface area contributed by atoms with Crippen LogP contribution in [-0.4, -0.2) is 58.6 Å². The molecule has 1 fully saturated rings. The van der Waals surface area contributed by atoms with E-state index in [4.69, 9.17) is 4.74 Å². The predicted molar refractivity (Wildman–Crippen MR) is 187 cm³/mol. The van der Waals surface area contributed by atoms with Crippen LogP contribution in [0.2, 0.25) is 0 Å². The topological polar surface area (TPSA) is 161 Å². The number of nitro benzene ring substituents is 1. The van der Waals surface area contributed by atoms with Gasteiger partial charge in [-0.3, -0.25) is 25.0 Å². The SMILES string of the molecule is CCOC(=O)/C(=C/c1ccc([N+](=O)[O-])cc1)C[C@@H](N=C(c1ccccc1)c1ccccc1N=C([O-])[C@@H]1CCCN1Cc1ccccc1)C(=O)[O-].[Ni+2]. The number of ether oxygens (including phenoxy) is 1. The number of hydrogen-bond acceptors (Lipinski definition) is 10.